The van der Waals surface area contributed by atoms with Crippen molar-refractivity contribution in [2.24, 2.45) is 0 Å². The van der Waals surface area contributed by atoms with Crippen LogP contribution in [0.15, 0.2) is 6.07 Å². The van der Waals surface area contributed by atoms with E-state index < -0.39 is 0 Å². The number of rotatable bonds is 8. The van der Waals surface area contributed by atoms with E-state index >= 15 is 0 Å². The monoisotopic (exact) mass is 270 g/mol. The van der Waals surface area contributed by atoms with Crippen molar-refractivity contribution in [1.29, 1.82) is 0 Å². The van der Waals surface area contributed by atoms with Crippen LogP contribution in [0.4, 0.5) is 5.82 Å². The second kappa shape index (κ2) is 8.27. The predicted octanol–water partition coefficient (Wildman–Crippen LogP) is 2.84. The van der Waals surface area contributed by atoms with Gasteiger partial charge in [-0.1, -0.05) is 27.2 Å². The number of aryl methyl sites for hydroxylation is 1. The van der Waals surface area contributed by atoms with Crippen LogP contribution in [0.3, 0.4) is 0 Å². The van der Waals surface area contributed by atoms with Gasteiger partial charge in [0, 0.05) is 24.8 Å². The first-order chi connectivity index (χ1) is 8.69. The summed E-state index contributed by atoms with van der Waals surface area (Å²) in [7, 11) is 0. The lowest BCUT2D eigenvalue weighted by atomic mass is 10.2. The average Bonchev–Trinajstić information content (AvgIpc) is 2.34. The highest BCUT2D eigenvalue weighted by molar-refractivity contribution is 6.28. The van der Waals surface area contributed by atoms with Gasteiger partial charge in [-0.25, -0.2) is 9.97 Å². The molecule has 0 aromatic carbocycles. The largest absolute Gasteiger partial charge is 0.369 e. The van der Waals surface area contributed by atoms with Crippen LogP contribution in [0.25, 0.3) is 0 Å². The number of likely N-dealkylation sites (N-methyl/N-ethyl adjacent to an activating group) is 1. The zero-order valence-electron chi connectivity index (χ0n) is 11.5. The first kappa shape index (κ1) is 15.2. The Hall–Kier alpha value is -0.870. The minimum Gasteiger partial charge on any atom is -0.369 e. The van der Waals surface area contributed by atoms with Gasteiger partial charge in [-0.15, -0.1) is 0 Å². The van der Waals surface area contributed by atoms with Crippen LogP contribution in [0.5, 0.6) is 0 Å². The molecule has 0 radical (unpaired) electrons. The highest BCUT2D eigenvalue weighted by atomic mass is 35.5. The highest BCUT2D eigenvalue weighted by Gasteiger charge is 2.03. The van der Waals surface area contributed by atoms with E-state index in [1.165, 1.54) is 0 Å². The predicted molar refractivity (Wildman–Crippen MR) is 77.3 cm³/mol. The van der Waals surface area contributed by atoms with Crippen molar-refractivity contribution in [2.45, 2.75) is 33.6 Å². The molecule has 0 saturated heterocycles. The van der Waals surface area contributed by atoms with Gasteiger partial charge in [0.15, 0.2) is 0 Å². The van der Waals surface area contributed by atoms with Crippen LogP contribution >= 0.6 is 11.6 Å². The van der Waals surface area contributed by atoms with Crippen molar-refractivity contribution >= 4 is 17.4 Å². The quantitative estimate of drug-likeness (QED) is 0.738. The lowest BCUT2D eigenvalue weighted by Gasteiger charge is -2.18. The lowest BCUT2D eigenvalue weighted by molar-refractivity contribution is 0.316. The van der Waals surface area contributed by atoms with Gasteiger partial charge in [-0.3, -0.25) is 0 Å². The number of nitrogens with one attached hydrogen (secondary N) is 1. The molecule has 5 heteroatoms. The third-order valence-corrected chi connectivity index (χ3v) is 3.06. The molecule has 0 spiro atoms. The molecule has 0 saturated carbocycles. The molecule has 0 unspecified atom stereocenters. The van der Waals surface area contributed by atoms with Gasteiger partial charge in [0.1, 0.15) is 5.82 Å². The Morgan fingerprint density at radius 1 is 1.22 bits per heavy atom. The minimum atomic E-state index is 0.325. The third kappa shape index (κ3) is 5.19. The molecule has 4 nitrogen and oxygen atoms in total. The molecule has 0 aliphatic carbocycles. The Kier molecular flexibility index (Phi) is 6.98. The van der Waals surface area contributed by atoms with E-state index in [1.54, 1.807) is 0 Å². The van der Waals surface area contributed by atoms with E-state index in [4.69, 9.17) is 11.6 Å². The molecule has 102 valence electrons. The van der Waals surface area contributed by atoms with Crippen LogP contribution in [0, 0.1) is 0 Å². The summed E-state index contributed by atoms with van der Waals surface area (Å²) in [5, 5.41) is 3.63. The second-order valence-corrected chi connectivity index (χ2v) is 4.56. The van der Waals surface area contributed by atoms with Gasteiger partial charge in [0.2, 0.25) is 5.28 Å². The number of hydrogen-bond acceptors (Lipinski definition) is 4. The number of nitrogens with zero attached hydrogens (tertiary/aromatic N) is 3. The van der Waals surface area contributed by atoms with Crippen LogP contribution < -0.4 is 5.32 Å². The van der Waals surface area contributed by atoms with E-state index in [2.05, 4.69) is 41.0 Å². The van der Waals surface area contributed by atoms with Gasteiger partial charge >= 0.3 is 0 Å². The van der Waals surface area contributed by atoms with Gasteiger partial charge < -0.3 is 10.2 Å². The Labute approximate surface area is 115 Å². The molecule has 0 aliphatic heterocycles. The molecule has 1 aromatic heterocycles. The Morgan fingerprint density at radius 2 is 1.94 bits per heavy atom. The van der Waals surface area contributed by atoms with E-state index in [-0.39, 0.29) is 0 Å². The molecule has 1 aromatic rings. The summed E-state index contributed by atoms with van der Waals surface area (Å²) in [4.78, 5) is 10.8. The van der Waals surface area contributed by atoms with Gasteiger partial charge in [-0.05, 0) is 31.1 Å². The first-order valence-electron chi connectivity index (χ1n) is 6.69. The van der Waals surface area contributed by atoms with Crippen molar-refractivity contribution < 1.29 is 0 Å². The number of anilines is 1. The van der Waals surface area contributed by atoms with Crippen molar-refractivity contribution in [3.63, 3.8) is 0 Å². The Balaban J connectivity index is 2.51. The summed E-state index contributed by atoms with van der Waals surface area (Å²) in [6.07, 6.45) is 2.00. The van der Waals surface area contributed by atoms with E-state index in [9.17, 15) is 0 Å². The summed E-state index contributed by atoms with van der Waals surface area (Å²) in [6.45, 7) is 10.5. The molecule has 0 aliphatic rings. The zero-order chi connectivity index (χ0) is 13.4. The maximum Gasteiger partial charge on any atom is 0.224 e. The number of hydrogen-bond donors (Lipinski definition) is 1. The fourth-order valence-corrected chi connectivity index (χ4v) is 2.02. The fourth-order valence-electron chi connectivity index (χ4n) is 1.82. The van der Waals surface area contributed by atoms with Gasteiger partial charge in [-0.2, -0.15) is 0 Å². The zero-order valence-corrected chi connectivity index (χ0v) is 12.3. The molecule has 0 bridgehead atoms. The SMILES string of the molecule is CCCc1cc(NCCN(CC)CC)nc(Cl)n1. The molecule has 0 atom stereocenters. The van der Waals surface area contributed by atoms with Crippen LogP contribution in [-0.2, 0) is 6.42 Å². The average molecular weight is 271 g/mol. The highest BCUT2D eigenvalue weighted by Crippen LogP contribution is 2.11. The van der Waals surface area contributed by atoms with Crippen LogP contribution in [0.2, 0.25) is 5.28 Å². The third-order valence-electron chi connectivity index (χ3n) is 2.89. The van der Waals surface area contributed by atoms with Gasteiger partial charge in [0.05, 0.1) is 0 Å². The van der Waals surface area contributed by atoms with Gasteiger partial charge in [0.25, 0.3) is 0 Å². The van der Waals surface area contributed by atoms with Crippen molar-refractivity contribution in [1.82, 2.24) is 14.9 Å². The number of halogens is 1. The molecule has 18 heavy (non-hydrogen) atoms. The molecule has 0 amide bonds. The summed E-state index contributed by atoms with van der Waals surface area (Å²) in [6, 6.07) is 1.98. The molecule has 1 rings (SSSR count). The minimum absolute atomic E-state index is 0.325. The Morgan fingerprint density at radius 3 is 2.56 bits per heavy atom. The van der Waals surface area contributed by atoms with Crippen molar-refractivity contribution in [3.05, 3.63) is 17.0 Å². The smallest absolute Gasteiger partial charge is 0.224 e. The molecule has 0 fully saturated rings. The maximum atomic E-state index is 5.91. The summed E-state index contributed by atoms with van der Waals surface area (Å²) < 4.78 is 0. The summed E-state index contributed by atoms with van der Waals surface area (Å²) in [5.41, 5.74) is 1.00. The summed E-state index contributed by atoms with van der Waals surface area (Å²) in [5.74, 6) is 0.825. The second-order valence-electron chi connectivity index (χ2n) is 4.22. The van der Waals surface area contributed by atoms with E-state index in [1.807, 2.05) is 6.07 Å². The Bertz CT molecular complexity index is 353. The standard InChI is InChI=1S/C13H23ClN4/c1-4-7-11-10-12(17-13(14)16-11)15-8-9-18(5-2)6-3/h10H,4-9H2,1-3H3,(H,15,16,17). The van der Waals surface area contributed by atoms with Crippen molar-refractivity contribution in [3.8, 4) is 0 Å². The molecular weight excluding hydrogens is 248 g/mol. The summed E-state index contributed by atoms with van der Waals surface area (Å²) >= 11 is 5.91. The fraction of sp³-hybridized carbons (Fsp3) is 0.692. The number of aromatic nitrogens is 2. The molecule has 1 heterocycles. The molecular formula is C13H23ClN4. The van der Waals surface area contributed by atoms with E-state index in [0.717, 1.165) is 50.5 Å². The first-order valence-corrected chi connectivity index (χ1v) is 7.07. The lowest BCUT2D eigenvalue weighted by Crippen LogP contribution is -2.28. The molecule has 1 N–H and O–H groups in total. The topological polar surface area (TPSA) is 41.0 Å². The normalized spacial score (nSPS) is 10.9. The maximum absolute atomic E-state index is 5.91. The van der Waals surface area contributed by atoms with Crippen LogP contribution in [0.1, 0.15) is 32.9 Å². The van der Waals surface area contributed by atoms with Crippen LogP contribution in [-0.4, -0.2) is 41.0 Å². The van der Waals surface area contributed by atoms with E-state index in [0.29, 0.717) is 5.28 Å². The van der Waals surface area contributed by atoms with Crippen molar-refractivity contribution in [2.75, 3.05) is 31.5 Å².